The monoisotopic (exact) mass is 228 g/mol. The zero-order chi connectivity index (χ0) is 12.3. The van der Waals surface area contributed by atoms with Crippen molar-refractivity contribution in [2.45, 2.75) is 13.0 Å². The molecular weight excluding hydrogens is 212 g/mol. The van der Waals surface area contributed by atoms with Gasteiger partial charge in [0.1, 0.15) is 5.82 Å². The van der Waals surface area contributed by atoms with Gasteiger partial charge in [0.05, 0.1) is 6.04 Å². The summed E-state index contributed by atoms with van der Waals surface area (Å²) in [6.45, 7) is 2.01. The third-order valence-electron chi connectivity index (χ3n) is 2.73. The largest absolute Gasteiger partial charge is 0.383 e. The molecule has 0 spiro atoms. The van der Waals surface area contributed by atoms with Crippen LogP contribution in [-0.2, 0) is 0 Å². The molecule has 4 nitrogen and oxygen atoms in total. The van der Waals surface area contributed by atoms with Crippen LogP contribution in [0, 0.1) is 6.92 Å². The molecule has 1 unspecified atom stereocenters. The number of rotatable bonds is 3. The third-order valence-corrected chi connectivity index (χ3v) is 2.73. The van der Waals surface area contributed by atoms with Crippen LogP contribution in [0.3, 0.4) is 0 Å². The molecule has 3 N–H and O–H groups in total. The van der Waals surface area contributed by atoms with Crippen molar-refractivity contribution in [3.8, 4) is 0 Å². The van der Waals surface area contributed by atoms with E-state index in [1.54, 1.807) is 18.6 Å². The van der Waals surface area contributed by atoms with E-state index in [0.29, 0.717) is 5.82 Å². The van der Waals surface area contributed by atoms with Crippen LogP contribution in [0.1, 0.15) is 22.7 Å². The van der Waals surface area contributed by atoms with Crippen molar-refractivity contribution in [1.29, 1.82) is 0 Å². The summed E-state index contributed by atoms with van der Waals surface area (Å²) in [7, 11) is 1.91. The zero-order valence-electron chi connectivity index (χ0n) is 10.0. The first-order chi connectivity index (χ1) is 8.22. The summed E-state index contributed by atoms with van der Waals surface area (Å²) < 4.78 is 0. The lowest BCUT2D eigenvalue weighted by molar-refractivity contribution is 0.689. The molecule has 0 aliphatic rings. The van der Waals surface area contributed by atoms with E-state index >= 15 is 0 Å². The van der Waals surface area contributed by atoms with E-state index in [-0.39, 0.29) is 6.04 Å². The molecular formula is C13H16N4. The van der Waals surface area contributed by atoms with Gasteiger partial charge in [-0.1, -0.05) is 0 Å². The summed E-state index contributed by atoms with van der Waals surface area (Å²) in [5.41, 5.74) is 9.16. The maximum Gasteiger partial charge on any atom is 0.128 e. The third kappa shape index (κ3) is 2.42. The molecule has 1 atom stereocenters. The zero-order valence-corrected chi connectivity index (χ0v) is 10.0. The highest BCUT2D eigenvalue weighted by Crippen LogP contribution is 2.25. The van der Waals surface area contributed by atoms with Gasteiger partial charge in [-0.05, 0) is 43.3 Å². The second-order valence-corrected chi connectivity index (χ2v) is 3.99. The van der Waals surface area contributed by atoms with E-state index in [0.717, 1.165) is 16.7 Å². The van der Waals surface area contributed by atoms with Crippen molar-refractivity contribution in [2.75, 3.05) is 12.8 Å². The highest BCUT2D eigenvalue weighted by molar-refractivity contribution is 5.46. The summed E-state index contributed by atoms with van der Waals surface area (Å²) in [6, 6.07) is 6.06. The summed E-state index contributed by atoms with van der Waals surface area (Å²) in [6.07, 6.45) is 5.33. The van der Waals surface area contributed by atoms with Crippen molar-refractivity contribution >= 4 is 5.82 Å². The number of aromatic nitrogens is 2. The number of aryl methyl sites for hydroxylation is 1. The van der Waals surface area contributed by atoms with Gasteiger partial charge in [-0.3, -0.25) is 4.98 Å². The van der Waals surface area contributed by atoms with Crippen LogP contribution in [0.25, 0.3) is 0 Å². The van der Waals surface area contributed by atoms with Crippen LogP contribution in [-0.4, -0.2) is 17.0 Å². The maximum absolute atomic E-state index is 5.94. The number of pyridine rings is 2. The van der Waals surface area contributed by atoms with Gasteiger partial charge >= 0.3 is 0 Å². The predicted octanol–water partition coefficient (Wildman–Crippen LogP) is 1.68. The van der Waals surface area contributed by atoms with Gasteiger partial charge in [-0.25, -0.2) is 4.98 Å². The van der Waals surface area contributed by atoms with Gasteiger partial charge in [-0.2, -0.15) is 0 Å². The standard InChI is InChI=1S/C13H16N4/c1-9-7-11(13(14)17-8-9)12(15-2)10-3-5-16-6-4-10/h3-8,12,15H,1-2H3,(H2,14,17). The van der Waals surface area contributed by atoms with E-state index in [1.165, 1.54) is 0 Å². The SMILES string of the molecule is CNC(c1ccncc1)c1cc(C)cnc1N. The fourth-order valence-electron chi connectivity index (χ4n) is 1.89. The average Bonchev–Trinajstić information content (AvgIpc) is 2.36. The smallest absolute Gasteiger partial charge is 0.128 e. The Kier molecular flexibility index (Phi) is 3.35. The van der Waals surface area contributed by atoms with E-state index in [4.69, 9.17) is 5.73 Å². The lowest BCUT2D eigenvalue weighted by Crippen LogP contribution is -2.19. The van der Waals surface area contributed by atoms with Crippen LogP contribution < -0.4 is 11.1 Å². The Balaban J connectivity index is 2.46. The summed E-state index contributed by atoms with van der Waals surface area (Å²) in [5, 5.41) is 3.25. The second kappa shape index (κ2) is 4.93. The van der Waals surface area contributed by atoms with Gasteiger partial charge in [0.15, 0.2) is 0 Å². The molecule has 0 fully saturated rings. The summed E-state index contributed by atoms with van der Waals surface area (Å²) in [5.74, 6) is 0.562. The molecule has 2 aromatic rings. The molecule has 0 amide bonds. The van der Waals surface area contributed by atoms with Crippen LogP contribution in [0.5, 0.6) is 0 Å². The quantitative estimate of drug-likeness (QED) is 0.839. The minimum absolute atomic E-state index is 0.0467. The number of anilines is 1. The number of nitrogens with zero attached hydrogens (tertiary/aromatic N) is 2. The molecule has 0 radical (unpaired) electrons. The molecule has 0 aliphatic carbocycles. The predicted molar refractivity (Wildman–Crippen MR) is 68.5 cm³/mol. The molecule has 0 aromatic carbocycles. The fourth-order valence-corrected chi connectivity index (χ4v) is 1.89. The molecule has 2 rings (SSSR count). The molecule has 0 saturated heterocycles. The van der Waals surface area contributed by atoms with Crippen molar-refractivity contribution in [1.82, 2.24) is 15.3 Å². The van der Waals surface area contributed by atoms with Gasteiger partial charge in [0.25, 0.3) is 0 Å². The minimum Gasteiger partial charge on any atom is -0.383 e. The first kappa shape index (κ1) is 11.5. The van der Waals surface area contributed by atoms with Crippen molar-refractivity contribution in [3.63, 3.8) is 0 Å². The second-order valence-electron chi connectivity index (χ2n) is 3.99. The van der Waals surface area contributed by atoms with E-state index < -0.39 is 0 Å². The summed E-state index contributed by atoms with van der Waals surface area (Å²) >= 11 is 0. The van der Waals surface area contributed by atoms with E-state index in [1.807, 2.05) is 26.1 Å². The Bertz CT molecular complexity index is 496. The van der Waals surface area contributed by atoms with E-state index in [2.05, 4.69) is 21.4 Å². The van der Waals surface area contributed by atoms with Gasteiger partial charge < -0.3 is 11.1 Å². The molecule has 17 heavy (non-hydrogen) atoms. The molecule has 0 aliphatic heterocycles. The molecule has 4 heteroatoms. The Morgan fingerprint density at radius 3 is 2.65 bits per heavy atom. The fraction of sp³-hybridized carbons (Fsp3) is 0.231. The molecule has 2 aromatic heterocycles. The highest BCUT2D eigenvalue weighted by Gasteiger charge is 2.15. The highest BCUT2D eigenvalue weighted by atomic mass is 14.9. The Morgan fingerprint density at radius 1 is 1.29 bits per heavy atom. The Morgan fingerprint density at radius 2 is 2.00 bits per heavy atom. The van der Waals surface area contributed by atoms with Crippen LogP contribution in [0.4, 0.5) is 5.82 Å². The van der Waals surface area contributed by atoms with E-state index in [9.17, 15) is 0 Å². The van der Waals surface area contributed by atoms with Crippen molar-refractivity contribution in [2.24, 2.45) is 0 Å². The van der Waals surface area contributed by atoms with Crippen LogP contribution in [0.15, 0.2) is 36.8 Å². The van der Waals surface area contributed by atoms with Crippen molar-refractivity contribution in [3.05, 3.63) is 53.5 Å². The first-order valence-corrected chi connectivity index (χ1v) is 5.51. The molecule has 0 saturated carbocycles. The lowest BCUT2D eigenvalue weighted by Gasteiger charge is -2.18. The average molecular weight is 228 g/mol. The maximum atomic E-state index is 5.94. The summed E-state index contributed by atoms with van der Waals surface area (Å²) in [4.78, 5) is 8.22. The number of nitrogen functional groups attached to an aromatic ring is 1. The van der Waals surface area contributed by atoms with Crippen LogP contribution in [0.2, 0.25) is 0 Å². The van der Waals surface area contributed by atoms with Crippen molar-refractivity contribution < 1.29 is 0 Å². The normalized spacial score (nSPS) is 12.4. The minimum atomic E-state index is 0.0467. The number of hydrogen-bond donors (Lipinski definition) is 2. The van der Waals surface area contributed by atoms with Gasteiger partial charge in [0, 0.05) is 24.2 Å². The number of nitrogens with one attached hydrogen (secondary N) is 1. The van der Waals surface area contributed by atoms with Gasteiger partial charge in [-0.15, -0.1) is 0 Å². The topological polar surface area (TPSA) is 63.8 Å². The Labute approximate surface area is 101 Å². The first-order valence-electron chi connectivity index (χ1n) is 5.51. The number of hydrogen-bond acceptors (Lipinski definition) is 4. The number of nitrogens with two attached hydrogens (primary N) is 1. The lowest BCUT2D eigenvalue weighted by atomic mass is 9.99. The Hall–Kier alpha value is -1.94. The van der Waals surface area contributed by atoms with Gasteiger partial charge in [0.2, 0.25) is 0 Å². The molecule has 88 valence electrons. The molecule has 0 bridgehead atoms. The van der Waals surface area contributed by atoms with Crippen LogP contribution >= 0.6 is 0 Å². The molecule has 2 heterocycles.